The molecule has 0 aromatic rings. The zero-order chi connectivity index (χ0) is 10.7. The van der Waals surface area contributed by atoms with Crippen LogP contribution in [-0.4, -0.2) is 18.8 Å². The van der Waals surface area contributed by atoms with Gasteiger partial charge < -0.3 is 5.32 Å². The van der Waals surface area contributed by atoms with Gasteiger partial charge in [0, 0.05) is 5.54 Å². The van der Waals surface area contributed by atoms with E-state index in [-0.39, 0.29) is 11.0 Å². The van der Waals surface area contributed by atoms with E-state index in [1.54, 1.807) is 0 Å². The van der Waals surface area contributed by atoms with Crippen molar-refractivity contribution in [2.75, 3.05) is 7.05 Å². The molecule has 0 radical (unpaired) electrons. The van der Waals surface area contributed by atoms with Crippen molar-refractivity contribution in [3.63, 3.8) is 0 Å². The molecule has 0 aromatic heterocycles. The largest absolute Gasteiger partial charge is 0.305 e. The van der Waals surface area contributed by atoms with Crippen molar-refractivity contribution in [3.05, 3.63) is 0 Å². The first-order valence-electron chi connectivity index (χ1n) is 5.18. The van der Waals surface area contributed by atoms with Crippen LogP contribution in [0.4, 0.5) is 0 Å². The fourth-order valence-electron chi connectivity index (χ4n) is 1.21. The summed E-state index contributed by atoms with van der Waals surface area (Å²) < 4.78 is 0. The van der Waals surface area contributed by atoms with Crippen molar-refractivity contribution in [2.45, 2.75) is 59.7 Å². The second-order valence-electron chi connectivity index (χ2n) is 5.47. The van der Waals surface area contributed by atoms with Crippen molar-refractivity contribution in [3.8, 4) is 0 Å². The van der Waals surface area contributed by atoms with Gasteiger partial charge in [-0.3, -0.25) is 5.32 Å². The molecular formula is C11H26N2. The van der Waals surface area contributed by atoms with Crippen LogP contribution in [0.15, 0.2) is 0 Å². The Morgan fingerprint density at radius 2 is 1.54 bits per heavy atom. The zero-order valence-corrected chi connectivity index (χ0v) is 10.3. The molecule has 80 valence electrons. The standard InChI is InChI=1S/C11H26N2/c1-8-11(5,6)13-9(12-7)10(2,3)4/h9,12-13H,8H2,1-7H3. The molecule has 0 aliphatic rings. The Kier molecular flexibility index (Phi) is 4.40. The highest BCUT2D eigenvalue weighted by Gasteiger charge is 2.27. The summed E-state index contributed by atoms with van der Waals surface area (Å²) in [6, 6.07) is 0. The van der Waals surface area contributed by atoms with Crippen LogP contribution in [0.2, 0.25) is 0 Å². The summed E-state index contributed by atoms with van der Waals surface area (Å²) in [5.74, 6) is 0. The maximum absolute atomic E-state index is 3.62. The minimum absolute atomic E-state index is 0.209. The average Bonchev–Trinajstić information content (AvgIpc) is 1.98. The molecule has 2 N–H and O–H groups in total. The topological polar surface area (TPSA) is 24.1 Å². The van der Waals surface area contributed by atoms with Crippen LogP contribution in [0.25, 0.3) is 0 Å². The van der Waals surface area contributed by atoms with Crippen molar-refractivity contribution in [1.29, 1.82) is 0 Å². The van der Waals surface area contributed by atoms with Gasteiger partial charge in [-0.05, 0) is 32.7 Å². The van der Waals surface area contributed by atoms with E-state index in [0.717, 1.165) is 6.42 Å². The van der Waals surface area contributed by atoms with Gasteiger partial charge in [-0.25, -0.2) is 0 Å². The highest BCUT2D eigenvalue weighted by atomic mass is 15.2. The normalized spacial score (nSPS) is 15.9. The van der Waals surface area contributed by atoms with E-state index in [1.165, 1.54) is 0 Å². The van der Waals surface area contributed by atoms with E-state index in [9.17, 15) is 0 Å². The molecular weight excluding hydrogens is 160 g/mol. The van der Waals surface area contributed by atoms with E-state index in [1.807, 2.05) is 7.05 Å². The third kappa shape index (κ3) is 4.63. The number of hydrogen-bond donors (Lipinski definition) is 2. The second-order valence-corrected chi connectivity index (χ2v) is 5.47. The van der Waals surface area contributed by atoms with E-state index in [0.29, 0.717) is 6.17 Å². The Morgan fingerprint density at radius 3 is 1.77 bits per heavy atom. The predicted molar refractivity (Wildman–Crippen MR) is 59.8 cm³/mol. The predicted octanol–water partition coefficient (Wildman–Crippen LogP) is 2.36. The number of rotatable bonds is 4. The lowest BCUT2D eigenvalue weighted by molar-refractivity contribution is 0.182. The fraction of sp³-hybridized carbons (Fsp3) is 1.00. The van der Waals surface area contributed by atoms with Gasteiger partial charge in [-0.15, -0.1) is 0 Å². The summed E-state index contributed by atoms with van der Waals surface area (Å²) >= 11 is 0. The Morgan fingerprint density at radius 1 is 1.08 bits per heavy atom. The third-order valence-electron chi connectivity index (χ3n) is 2.57. The smallest absolute Gasteiger partial charge is 0.0623 e. The van der Waals surface area contributed by atoms with Gasteiger partial charge in [0.15, 0.2) is 0 Å². The van der Waals surface area contributed by atoms with Crippen LogP contribution in [-0.2, 0) is 0 Å². The molecule has 0 spiro atoms. The van der Waals surface area contributed by atoms with Crippen LogP contribution < -0.4 is 10.6 Å². The molecule has 0 heterocycles. The Balaban J connectivity index is 4.30. The fourth-order valence-corrected chi connectivity index (χ4v) is 1.21. The van der Waals surface area contributed by atoms with Gasteiger partial charge >= 0.3 is 0 Å². The second kappa shape index (κ2) is 4.43. The maximum Gasteiger partial charge on any atom is 0.0623 e. The van der Waals surface area contributed by atoms with Gasteiger partial charge in [0.1, 0.15) is 0 Å². The minimum Gasteiger partial charge on any atom is -0.305 e. The molecule has 1 atom stereocenters. The van der Waals surface area contributed by atoms with Gasteiger partial charge in [-0.1, -0.05) is 27.7 Å². The van der Waals surface area contributed by atoms with E-state index < -0.39 is 0 Å². The van der Waals surface area contributed by atoms with Crippen LogP contribution in [0.1, 0.15) is 48.0 Å². The van der Waals surface area contributed by atoms with E-state index >= 15 is 0 Å². The molecule has 0 rings (SSSR count). The molecule has 0 saturated carbocycles. The van der Waals surface area contributed by atoms with Gasteiger partial charge in [0.25, 0.3) is 0 Å². The molecule has 0 fully saturated rings. The van der Waals surface area contributed by atoms with E-state index in [2.05, 4.69) is 52.2 Å². The Bertz CT molecular complexity index is 145. The Labute approximate surface area is 83.5 Å². The Hall–Kier alpha value is -0.0800. The zero-order valence-electron chi connectivity index (χ0n) is 10.3. The van der Waals surface area contributed by atoms with Gasteiger partial charge in [0.05, 0.1) is 6.17 Å². The summed E-state index contributed by atoms with van der Waals surface area (Å²) in [4.78, 5) is 0. The monoisotopic (exact) mass is 186 g/mol. The van der Waals surface area contributed by atoms with Crippen LogP contribution in [0.5, 0.6) is 0 Å². The molecule has 2 nitrogen and oxygen atoms in total. The molecule has 2 heteroatoms. The summed E-state index contributed by atoms with van der Waals surface area (Å²) in [5, 5.41) is 6.94. The highest BCUT2D eigenvalue weighted by molar-refractivity contribution is 4.85. The van der Waals surface area contributed by atoms with Crippen LogP contribution >= 0.6 is 0 Å². The minimum atomic E-state index is 0.209. The first kappa shape index (κ1) is 12.9. The average molecular weight is 186 g/mol. The van der Waals surface area contributed by atoms with Crippen molar-refractivity contribution < 1.29 is 0 Å². The molecule has 0 aromatic carbocycles. The molecule has 1 unspecified atom stereocenters. The third-order valence-corrected chi connectivity index (χ3v) is 2.57. The summed E-state index contributed by atoms with van der Waals surface area (Å²) in [7, 11) is 2.01. The maximum atomic E-state index is 3.62. The first-order valence-corrected chi connectivity index (χ1v) is 5.18. The van der Waals surface area contributed by atoms with Gasteiger partial charge in [-0.2, -0.15) is 0 Å². The van der Waals surface area contributed by atoms with Gasteiger partial charge in [0.2, 0.25) is 0 Å². The van der Waals surface area contributed by atoms with Crippen molar-refractivity contribution >= 4 is 0 Å². The van der Waals surface area contributed by atoms with Crippen LogP contribution in [0, 0.1) is 5.41 Å². The van der Waals surface area contributed by atoms with Crippen LogP contribution in [0.3, 0.4) is 0 Å². The SMILES string of the molecule is CCC(C)(C)NC(NC)C(C)(C)C. The summed E-state index contributed by atoms with van der Waals surface area (Å²) in [6.07, 6.45) is 1.50. The lowest BCUT2D eigenvalue weighted by atomic mass is 9.89. The number of nitrogens with one attached hydrogen (secondary N) is 2. The van der Waals surface area contributed by atoms with Crippen molar-refractivity contribution in [1.82, 2.24) is 10.6 Å². The lowest BCUT2D eigenvalue weighted by Crippen LogP contribution is -2.57. The quantitative estimate of drug-likeness (QED) is 0.659. The molecule has 0 amide bonds. The lowest BCUT2D eigenvalue weighted by Gasteiger charge is -2.38. The molecule has 13 heavy (non-hydrogen) atoms. The number of hydrogen-bond acceptors (Lipinski definition) is 2. The summed E-state index contributed by atoms with van der Waals surface area (Å²) in [5.41, 5.74) is 0.460. The molecule has 0 aliphatic carbocycles. The first-order chi connectivity index (χ1) is 5.73. The van der Waals surface area contributed by atoms with E-state index in [4.69, 9.17) is 0 Å². The molecule has 0 bridgehead atoms. The highest BCUT2D eigenvalue weighted by Crippen LogP contribution is 2.20. The van der Waals surface area contributed by atoms with Crippen molar-refractivity contribution in [2.24, 2.45) is 5.41 Å². The molecule has 0 aliphatic heterocycles. The summed E-state index contributed by atoms with van der Waals surface area (Å²) in [6.45, 7) is 13.4. The molecule has 0 saturated heterocycles.